The van der Waals surface area contributed by atoms with Gasteiger partial charge in [0.15, 0.2) is 17.5 Å². The third-order valence-corrected chi connectivity index (χ3v) is 11.7. The number of fused-ring (bicyclic) bond motifs is 5. The molecule has 5 aromatic heterocycles. The highest BCUT2D eigenvalue weighted by Gasteiger charge is 2.15. The molecule has 7 nitrogen and oxygen atoms in total. The fraction of sp³-hybridized carbons (Fsp3) is 0. The van der Waals surface area contributed by atoms with Crippen molar-refractivity contribution >= 4 is 43.6 Å². The topological polar surface area (TPSA) is 90.2 Å². The van der Waals surface area contributed by atoms with E-state index in [0.717, 1.165) is 99.6 Å². The van der Waals surface area contributed by atoms with Gasteiger partial charge in [0.05, 0.1) is 39.1 Å². The molecule has 0 unspecified atom stereocenters. The monoisotopic (exact) mass is 817 g/mol. The molecule has 0 spiro atoms. The van der Waals surface area contributed by atoms with Crippen LogP contribution in [0.4, 0.5) is 0 Å². The third-order valence-electron chi connectivity index (χ3n) is 11.7. The molecule has 0 bridgehead atoms. The Morgan fingerprint density at radius 2 is 0.578 bits per heavy atom. The average molecular weight is 818 g/mol. The molecule has 7 aromatic carbocycles. The van der Waals surface area contributed by atoms with Crippen molar-refractivity contribution in [3.63, 3.8) is 0 Å². The zero-order valence-electron chi connectivity index (χ0n) is 34.3. The lowest BCUT2D eigenvalue weighted by atomic mass is 10.0. The number of pyridine rings is 4. The number of benzene rings is 7. The van der Waals surface area contributed by atoms with Gasteiger partial charge >= 0.3 is 0 Å². The highest BCUT2D eigenvalue weighted by molar-refractivity contribution is 6.04. The molecule has 0 saturated carbocycles. The summed E-state index contributed by atoms with van der Waals surface area (Å²) in [6.07, 6.45) is 0. The van der Waals surface area contributed by atoms with Crippen molar-refractivity contribution in [2.24, 2.45) is 0 Å². The van der Waals surface area contributed by atoms with Crippen LogP contribution in [0.2, 0.25) is 0 Å². The SMILES string of the molecule is c1ccc(-c2ccc3ccc4ccc(-c5cccc(-c6ccc7ccc(-c8ccc9ccc(-c%10nc(-c%11ccccc%11)nc(-c%11ccccc%11)n%10)nc9c8)cc7n6)c5)nc4c3n2)cc1. The van der Waals surface area contributed by atoms with Gasteiger partial charge in [-0.3, -0.25) is 0 Å². The van der Waals surface area contributed by atoms with E-state index in [1.54, 1.807) is 0 Å². The Hall–Kier alpha value is -8.81. The molecule has 12 aromatic rings. The van der Waals surface area contributed by atoms with Crippen LogP contribution < -0.4 is 0 Å². The van der Waals surface area contributed by atoms with Gasteiger partial charge in [-0.1, -0.05) is 170 Å². The molecule has 0 saturated heterocycles. The maximum Gasteiger partial charge on any atom is 0.182 e. The quantitative estimate of drug-likeness (QED) is 0.148. The molecule has 12 rings (SSSR count). The van der Waals surface area contributed by atoms with Gasteiger partial charge in [0.2, 0.25) is 0 Å². The Morgan fingerprint density at radius 1 is 0.203 bits per heavy atom. The first-order valence-electron chi connectivity index (χ1n) is 21.2. The molecule has 5 heterocycles. The van der Waals surface area contributed by atoms with Crippen LogP contribution in [0.15, 0.2) is 212 Å². The molecule has 7 heteroatoms. The van der Waals surface area contributed by atoms with Gasteiger partial charge in [-0.25, -0.2) is 34.9 Å². The molecule has 0 atom stereocenters. The first kappa shape index (κ1) is 37.0. The van der Waals surface area contributed by atoms with E-state index in [0.29, 0.717) is 23.2 Å². The zero-order valence-corrected chi connectivity index (χ0v) is 34.3. The van der Waals surface area contributed by atoms with Crippen LogP contribution in [0.5, 0.6) is 0 Å². The molecule has 298 valence electrons. The number of hydrogen-bond donors (Lipinski definition) is 0. The van der Waals surface area contributed by atoms with Crippen LogP contribution in [0, 0.1) is 0 Å². The minimum atomic E-state index is 0.519. The molecule has 0 radical (unpaired) electrons. The van der Waals surface area contributed by atoms with E-state index in [1.807, 2.05) is 84.9 Å². The maximum absolute atomic E-state index is 5.22. The highest BCUT2D eigenvalue weighted by atomic mass is 15.0. The number of nitrogens with zero attached hydrogens (tertiary/aromatic N) is 7. The molecule has 0 amide bonds. The fourth-order valence-corrected chi connectivity index (χ4v) is 8.34. The Bertz CT molecular complexity index is 3670. The van der Waals surface area contributed by atoms with Crippen molar-refractivity contribution in [2.75, 3.05) is 0 Å². The highest BCUT2D eigenvalue weighted by Crippen LogP contribution is 2.33. The normalized spacial score (nSPS) is 11.4. The summed E-state index contributed by atoms with van der Waals surface area (Å²) in [5.41, 5.74) is 13.9. The predicted octanol–water partition coefficient (Wildman–Crippen LogP) is 13.7. The minimum Gasteiger partial charge on any atom is -0.248 e. The van der Waals surface area contributed by atoms with E-state index in [4.69, 9.17) is 34.9 Å². The Morgan fingerprint density at radius 3 is 1.11 bits per heavy atom. The lowest BCUT2D eigenvalue weighted by Gasteiger charge is -2.10. The second-order valence-electron chi connectivity index (χ2n) is 15.8. The van der Waals surface area contributed by atoms with Crippen LogP contribution in [0.25, 0.3) is 123 Å². The van der Waals surface area contributed by atoms with Crippen LogP contribution in [0.1, 0.15) is 0 Å². The van der Waals surface area contributed by atoms with Crippen molar-refractivity contribution in [1.82, 2.24) is 34.9 Å². The fourth-order valence-electron chi connectivity index (χ4n) is 8.34. The summed E-state index contributed by atoms with van der Waals surface area (Å²) in [5.74, 6) is 1.72. The molecule has 0 aliphatic heterocycles. The van der Waals surface area contributed by atoms with Gasteiger partial charge < -0.3 is 0 Å². The molecular weight excluding hydrogens is 783 g/mol. The maximum atomic E-state index is 5.22. The molecular formula is C57H35N7. The van der Waals surface area contributed by atoms with E-state index < -0.39 is 0 Å². The zero-order chi connectivity index (χ0) is 42.4. The molecule has 0 N–H and O–H groups in total. The van der Waals surface area contributed by atoms with Crippen LogP contribution >= 0.6 is 0 Å². The second kappa shape index (κ2) is 15.6. The lowest BCUT2D eigenvalue weighted by Crippen LogP contribution is -2.01. The third kappa shape index (κ3) is 6.97. The van der Waals surface area contributed by atoms with Crippen molar-refractivity contribution in [1.29, 1.82) is 0 Å². The van der Waals surface area contributed by atoms with Crippen molar-refractivity contribution < 1.29 is 0 Å². The standard InChI is InChI=1S/C57H35N7/c1-4-11-36(12-5-1)47-30-27-39-21-22-40-28-31-49(61-54(40)53(39)60-47)46-18-10-17-45(33-46)48-29-25-37-19-23-43(34-51(37)58-48)44-24-20-38-26-32-50(59-52(38)35-44)57-63-55(41-13-6-2-7-14-41)62-56(64-57)42-15-8-3-9-16-42/h1-35H. The predicted molar refractivity (Wildman–Crippen MR) is 259 cm³/mol. The number of aromatic nitrogens is 7. The smallest absolute Gasteiger partial charge is 0.182 e. The first-order chi connectivity index (χ1) is 31.6. The summed E-state index contributed by atoms with van der Waals surface area (Å²) in [4.78, 5) is 35.3. The van der Waals surface area contributed by atoms with Gasteiger partial charge in [0, 0.05) is 49.4 Å². The Kier molecular flexibility index (Phi) is 9.01. The lowest BCUT2D eigenvalue weighted by molar-refractivity contribution is 1.06. The Labute approximate surface area is 368 Å². The van der Waals surface area contributed by atoms with Crippen LogP contribution in [-0.2, 0) is 0 Å². The first-order valence-corrected chi connectivity index (χ1v) is 21.2. The van der Waals surface area contributed by atoms with Crippen molar-refractivity contribution in [3.8, 4) is 79.2 Å². The number of rotatable bonds is 7. The van der Waals surface area contributed by atoms with E-state index in [-0.39, 0.29) is 0 Å². The van der Waals surface area contributed by atoms with Crippen LogP contribution in [-0.4, -0.2) is 34.9 Å². The molecule has 0 aliphatic carbocycles. The molecule has 64 heavy (non-hydrogen) atoms. The molecule has 0 fully saturated rings. The van der Waals surface area contributed by atoms with Crippen LogP contribution in [0.3, 0.4) is 0 Å². The average Bonchev–Trinajstić information content (AvgIpc) is 3.38. The van der Waals surface area contributed by atoms with Crippen molar-refractivity contribution in [2.45, 2.75) is 0 Å². The van der Waals surface area contributed by atoms with Crippen molar-refractivity contribution in [3.05, 3.63) is 212 Å². The molecule has 0 aliphatic rings. The summed E-state index contributed by atoms with van der Waals surface area (Å²) >= 11 is 0. The number of hydrogen-bond acceptors (Lipinski definition) is 7. The van der Waals surface area contributed by atoms with Gasteiger partial charge in [0.1, 0.15) is 5.69 Å². The van der Waals surface area contributed by atoms with E-state index in [2.05, 4.69) is 127 Å². The van der Waals surface area contributed by atoms with E-state index >= 15 is 0 Å². The summed E-state index contributed by atoms with van der Waals surface area (Å²) < 4.78 is 0. The van der Waals surface area contributed by atoms with Gasteiger partial charge in [-0.2, -0.15) is 0 Å². The van der Waals surface area contributed by atoms with Gasteiger partial charge in [-0.05, 0) is 53.6 Å². The summed E-state index contributed by atoms with van der Waals surface area (Å²) in [5, 5.41) is 4.20. The minimum absolute atomic E-state index is 0.519. The Balaban J connectivity index is 0.877. The van der Waals surface area contributed by atoms with Gasteiger partial charge in [-0.15, -0.1) is 0 Å². The van der Waals surface area contributed by atoms with Gasteiger partial charge in [0.25, 0.3) is 0 Å². The van der Waals surface area contributed by atoms with E-state index in [9.17, 15) is 0 Å². The largest absolute Gasteiger partial charge is 0.248 e. The summed E-state index contributed by atoms with van der Waals surface area (Å²) in [7, 11) is 0. The summed E-state index contributed by atoms with van der Waals surface area (Å²) in [6, 6.07) is 72.5. The van der Waals surface area contributed by atoms with E-state index in [1.165, 1.54) is 0 Å². The second-order valence-corrected chi connectivity index (χ2v) is 15.8. The summed E-state index contributed by atoms with van der Waals surface area (Å²) in [6.45, 7) is 0.